The minimum absolute atomic E-state index is 0.525. The van der Waals surface area contributed by atoms with Gasteiger partial charge in [0.15, 0.2) is 0 Å². The lowest BCUT2D eigenvalue weighted by Crippen LogP contribution is -2.51. The number of hydrogen-bond acceptors (Lipinski definition) is 4. The highest BCUT2D eigenvalue weighted by molar-refractivity contribution is 4.98. The van der Waals surface area contributed by atoms with Crippen molar-refractivity contribution in [2.75, 3.05) is 45.8 Å². The first-order valence-electron chi connectivity index (χ1n) is 11.0. The lowest BCUT2D eigenvalue weighted by Gasteiger charge is -2.41. The topological polar surface area (TPSA) is 30.5 Å². The Morgan fingerprint density at radius 3 is 2.48 bits per heavy atom. The zero-order chi connectivity index (χ0) is 17.3. The van der Waals surface area contributed by atoms with E-state index in [1.54, 1.807) is 0 Å². The standard InChI is InChI=1S/C21H40N4/c1-18(2)25-15-8-20(17-25)7-4-19(22-16-20)5-12-24-13-9-21(10-14-24)6-3-11-23-21/h18-19,22-23H,3-17H2,1-2H3. The molecule has 0 saturated carbocycles. The monoisotopic (exact) mass is 348 g/mol. The molecule has 0 bridgehead atoms. The van der Waals surface area contributed by atoms with Gasteiger partial charge in [0.1, 0.15) is 0 Å². The second-order valence-electron chi connectivity index (χ2n) is 9.87. The van der Waals surface area contributed by atoms with Crippen LogP contribution < -0.4 is 10.6 Å². The van der Waals surface area contributed by atoms with Crippen LogP contribution in [0.25, 0.3) is 0 Å². The molecule has 0 aliphatic carbocycles. The van der Waals surface area contributed by atoms with Crippen molar-refractivity contribution in [3.63, 3.8) is 0 Å². The Morgan fingerprint density at radius 2 is 1.88 bits per heavy atom. The van der Waals surface area contributed by atoms with Crippen LogP contribution in [0.4, 0.5) is 0 Å². The van der Waals surface area contributed by atoms with Gasteiger partial charge in [0.05, 0.1) is 0 Å². The van der Waals surface area contributed by atoms with E-state index in [9.17, 15) is 0 Å². The third-order valence-electron chi connectivity index (χ3n) is 7.93. The van der Waals surface area contributed by atoms with Crippen LogP contribution in [-0.4, -0.2) is 73.2 Å². The van der Waals surface area contributed by atoms with Crippen LogP contribution in [0, 0.1) is 5.41 Å². The second kappa shape index (κ2) is 7.46. The minimum Gasteiger partial charge on any atom is -0.313 e. The molecule has 2 spiro atoms. The Labute approximate surface area is 155 Å². The van der Waals surface area contributed by atoms with Crippen LogP contribution in [-0.2, 0) is 0 Å². The summed E-state index contributed by atoms with van der Waals surface area (Å²) in [5, 5.41) is 7.73. The minimum atomic E-state index is 0.525. The van der Waals surface area contributed by atoms with E-state index in [4.69, 9.17) is 0 Å². The van der Waals surface area contributed by atoms with Gasteiger partial charge >= 0.3 is 0 Å². The number of piperidine rings is 2. The first kappa shape index (κ1) is 18.2. The van der Waals surface area contributed by atoms with Gasteiger partial charge in [0, 0.05) is 30.7 Å². The van der Waals surface area contributed by atoms with Gasteiger partial charge in [-0.1, -0.05) is 0 Å². The normalized spacial score (nSPS) is 36.8. The second-order valence-corrected chi connectivity index (χ2v) is 9.87. The Bertz CT molecular complexity index is 425. The van der Waals surface area contributed by atoms with Crippen molar-refractivity contribution in [1.82, 2.24) is 20.4 Å². The zero-order valence-electron chi connectivity index (χ0n) is 16.7. The molecule has 2 atom stereocenters. The van der Waals surface area contributed by atoms with E-state index in [-0.39, 0.29) is 0 Å². The number of likely N-dealkylation sites (tertiary alicyclic amines) is 2. The summed E-state index contributed by atoms with van der Waals surface area (Å²) < 4.78 is 0. The summed E-state index contributed by atoms with van der Waals surface area (Å²) in [7, 11) is 0. The van der Waals surface area contributed by atoms with Crippen molar-refractivity contribution < 1.29 is 0 Å². The van der Waals surface area contributed by atoms with Gasteiger partial charge in [0.25, 0.3) is 0 Å². The summed E-state index contributed by atoms with van der Waals surface area (Å²) >= 11 is 0. The Balaban J connectivity index is 1.16. The molecular formula is C21H40N4. The fourth-order valence-electron chi connectivity index (χ4n) is 5.88. The Kier molecular flexibility index (Phi) is 5.43. The van der Waals surface area contributed by atoms with Gasteiger partial charge in [-0.05, 0) is 103 Å². The molecule has 0 aromatic rings. The fraction of sp³-hybridized carbons (Fsp3) is 1.00. The van der Waals surface area contributed by atoms with Gasteiger partial charge in [-0.15, -0.1) is 0 Å². The number of nitrogens with one attached hydrogen (secondary N) is 2. The molecule has 4 nitrogen and oxygen atoms in total. The van der Waals surface area contributed by atoms with Crippen molar-refractivity contribution in [2.45, 2.75) is 82.8 Å². The fourth-order valence-corrected chi connectivity index (χ4v) is 5.88. The molecule has 4 aliphatic heterocycles. The van der Waals surface area contributed by atoms with Crippen molar-refractivity contribution >= 4 is 0 Å². The lowest BCUT2D eigenvalue weighted by atomic mass is 9.77. The zero-order valence-corrected chi connectivity index (χ0v) is 16.7. The van der Waals surface area contributed by atoms with E-state index in [1.807, 2.05) is 0 Å². The van der Waals surface area contributed by atoms with E-state index in [0.29, 0.717) is 17.0 Å². The van der Waals surface area contributed by atoms with Gasteiger partial charge in [0.2, 0.25) is 0 Å². The van der Waals surface area contributed by atoms with Crippen molar-refractivity contribution in [1.29, 1.82) is 0 Å². The molecule has 4 saturated heterocycles. The van der Waals surface area contributed by atoms with Crippen LogP contribution in [0.2, 0.25) is 0 Å². The predicted molar refractivity (Wildman–Crippen MR) is 105 cm³/mol. The third kappa shape index (κ3) is 4.07. The molecule has 4 fully saturated rings. The van der Waals surface area contributed by atoms with Gasteiger partial charge in [-0.3, -0.25) is 0 Å². The molecule has 4 heterocycles. The first-order chi connectivity index (χ1) is 12.1. The van der Waals surface area contributed by atoms with Gasteiger partial charge in [-0.25, -0.2) is 0 Å². The largest absolute Gasteiger partial charge is 0.313 e. The first-order valence-corrected chi connectivity index (χ1v) is 11.0. The maximum Gasteiger partial charge on any atom is 0.0206 e. The lowest BCUT2D eigenvalue weighted by molar-refractivity contribution is 0.128. The van der Waals surface area contributed by atoms with Gasteiger partial charge < -0.3 is 20.4 Å². The van der Waals surface area contributed by atoms with Gasteiger partial charge in [-0.2, -0.15) is 0 Å². The van der Waals surface area contributed by atoms with Crippen LogP contribution in [0.1, 0.15) is 65.2 Å². The van der Waals surface area contributed by atoms with Crippen LogP contribution in [0.3, 0.4) is 0 Å². The maximum atomic E-state index is 3.93. The highest BCUT2D eigenvalue weighted by Gasteiger charge is 2.41. The van der Waals surface area contributed by atoms with E-state index in [1.165, 1.54) is 97.2 Å². The average molecular weight is 349 g/mol. The molecule has 144 valence electrons. The van der Waals surface area contributed by atoms with E-state index in [2.05, 4.69) is 34.3 Å². The highest BCUT2D eigenvalue weighted by atomic mass is 15.2. The van der Waals surface area contributed by atoms with Crippen LogP contribution in [0.15, 0.2) is 0 Å². The summed E-state index contributed by atoms with van der Waals surface area (Å²) in [5.41, 5.74) is 1.11. The molecule has 0 aromatic carbocycles. The summed E-state index contributed by atoms with van der Waals surface area (Å²) in [6.07, 6.45) is 11.2. The van der Waals surface area contributed by atoms with E-state index >= 15 is 0 Å². The highest BCUT2D eigenvalue weighted by Crippen LogP contribution is 2.39. The summed E-state index contributed by atoms with van der Waals surface area (Å²) in [6, 6.07) is 1.48. The van der Waals surface area contributed by atoms with Crippen molar-refractivity contribution in [2.24, 2.45) is 5.41 Å². The van der Waals surface area contributed by atoms with Crippen LogP contribution >= 0.6 is 0 Å². The molecule has 0 amide bonds. The summed E-state index contributed by atoms with van der Waals surface area (Å²) in [5.74, 6) is 0. The number of hydrogen-bond donors (Lipinski definition) is 2. The average Bonchev–Trinajstić information content (AvgIpc) is 3.24. The summed E-state index contributed by atoms with van der Waals surface area (Å²) in [6.45, 7) is 13.8. The van der Waals surface area contributed by atoms with Crippen molar-refractivity contribution in [3.8, 4) is 0 Å². The smallest absolute Gasteiger partial charge is 0.0206 e. The van der Waals surface area contributed by atoms with Crippen molar-refractivity contribution in [3.05, 3.63) is 0 Å². The van der Waals surface area contributed by atoms with Crippen LogP contribution in [0.5, 0.6) is 0 Å². The molecule has 0 radical (unpaired) electrons. The summed E-state index contributed by atoms with van der Waals surface area (Å²) in [4.78, 5) is 5.41. The Morgan fingerprint density at radius 1 is 1.04 bits per heavy atom. The Hall–Kier alpha value is -0.160. The SMILES string of the molecule is CC(C)N1CCC2(CCC(CCN3CCC4(CCCN4)CC3)NC2)C1. The molecule has 2 N–H and O–H groups in total. The molecule has 2 unspecified atom stereocenters. The maximum absolute atomic E-state index is 3.93. The van der Waals surface area contributed by atoms with E-state index < -0.39 is 0 Å². The molecule has 4 heteroatoms. The quantitative estimate of drug-likeness (QED) is 0.817. The molecular weight excluding hydrogens is 308 g/mol. The number of rotatable bonds is 4. The number of nitrogens with zero attached hydrogens (tertiary/aromatic N) is 2. The molecule has 25 heavy (non-hydrogen) atoms. The third-order valence-corrected chi connectivity index (χ3v) is 7.93. The van der Waals surface area contributed by atoms with E-state index in [0.717, 1.165) is 6.04 Å². The molecule has 4 aliphatic rings. The molecule has 0 aromatic heterocycles. The predicted octanol–water partition coefficient (Wildman–Crippen LogP) is 2.45. The molecule has 4 rings (SSSR count).